The Hall–Kier alpha value is -1.68. The van der Waals surface area contributed by atoms with Gasteiger partial charge in [0.05, 0.1) is 11.6 Å². The van der Waals surface area contributed by atoms with Gasteiger partial charge in [0.1, 0.15) is 23.9 Å². The fraction of sp³-hybridized carbons (Fsp3) is 0.143. The average Bonchev–Trinajstić information content (AvgIpc) is 2.39. The number of methoxy groups -OCH3 is 1. The highest BCUT2D eigenvalue weighted by Gasteiger charge is 2.02. The van der Waals surface area contributed by atoms with Gasteiger partial charge in [0.15, 0.2) is 0 Å². The molecule has 4 heteroatoms. The Balaban J connectivity index is 2.04. The number of hydrogen-bond donors (Lipinski definition) is 1. The summed E-state index contributed by atoms with van der Waals surface area (Å²) in [7, 11) is 1.63. The van der Waals surface area contributed by atoms with E-state index in [1.165, 1.54) is 0 Å². The number of hydrogen-bond acceptors (Lipinski definition) is 3. The molecule has 94 valence electrons. The molecule has 2 aromatic rings. The van der Waals surface area contributed by atoms with E-state index in [9.17, 15) is 0 Å². The van der Waals surface area contributed by atoms with Crippen molar-refractivity contribution in [2.45, 2.75) is 6.61 Å². The van der Waals surface area contributed by atoms with Crippen molar-refractivity contribution < 1.29 is 14.6 Å². The summed E-state index contributed by atoms with van der Waals surface area (Å²) in [6, 6.07) is 12.5. The summed E-state index contributed by atoms with van der Waals surface area (Å²) < 4.78 is 11.7. The van der Waals surface area contributed by atoms with Crippen molar-refractivity contribution in [1.82, 2.24) is 0 Å². The number of phenols is 1. The van der Waals surface area contributed by atoms with Gasteiger partial charge in [0, 0.05) is 0 Å². The topological polar surface area (TPSA) is 38.7 Å². The minimum atomic E-state index is 0.229. The Morgan fingerprint density at radius 3 is 2.50 bits per heavy atom. The molecule has 0 aliphatic rings. The van der Waals surface area contributed by atoms with Crippen LogP contribution < -0.4 is 9.47 Å². The third-order valence-electron chi connectivity index (χ3n) is 2.46. The second-order valence-electron chi connectivity index (χ2n) is 3.75. The van der Waals surface area contributed by atoms with Crippen LogP contribution >= 0.6 is 15.9 Å². The van der Waals surface area contributed by atoms with Crippen LogP contribution in [0.3, 0.4) is 0 Å². The number of rotatable bonds is 4. The van der Waals surface area contributed by atoms with Crippen LogP contribution in [0, 0.1) is 0 Å². The molecule has 2 rings (SSSR count). The van der Waals surface area contributed by atoms with Gasteiger partial charge in [-0.2, -0.15) is 0 Å². The van der Waals surface area contributed by atoms with E-state index in [2.05, 4.69) is 15.9 Å². The highest BCUT2D eigenvalue weighted by molar-refractivity contribution is 9.10. The highest BCUT2D eigenvalue weighted by atomic mass is 79.9. The maximum absolute atomic E-state index is 9.16. The molecule has 0 saturated carbocycles. The minimum absolute atomic E-state index is 0.229. The zero-order valence-electron chi connectivity index (χ0n) is 9.89. The quantitative estimate of drug-likeness (QED) is 0.935. The van der Waals surface area contributed by atoms with E-state index in [4.69, 9.17) is 14.6 Å². The zero-order valence-corrected chi connectivity index (χ0v) is 11.5. The van der Waals surface area contributed by atoms with Crippen LogP contribution in [0.2, 0.25) is 0 Å². The molecule has 0 atom stereocenters. The molecule has 0 unspecified atom stereocenters. The average molecular weight is 309 g/mol. The van der Waals surface area contributed by atoms with E-state index in [1.807, 2.05) is 18.2 Å². The van der Waals surface area contributed by atoms with E-state index < -0.39 is 0 Å². The first kappa shape index (κ1) is 12.8. The second-order valence-corrected chi connectivity index (χ2v) is 4.61. The summed E-state index contributed by atoms with van der Waals surface area (Å²) in [5.41, 5.74) is 1.02. The van der Waals surface area contributed by atoms with Crippen molar-refractivity contribution in [2.75, 3.05) is 7.11 Å². The van der Waals surface area contributed by atoms with Gasteiger partial charge in [-0.15, -0.1) is 0 Å². The van der Waals surface area contributed by atoms with Gasteiger partial charge in [-0.1, -0.05) is 6.07 Å². The lowest BCUT2D eigenvalue weighted by atomic mass is 10.2. The summed E-state index contributed by atoms with van der Waals surface area (Å²) in [6.45, 7) is 0.453. The summed E-state index contributed by atoms with van der Waals surface area (Å²) in [5.74, 6) is 1.73. The van der Waals surface area contributed by atoms with E-state index in [0.29, 0.717) is 6.61 Å². The Bertz CT molecular complexity index is 523. The van der Waals surface area contributed by atoms with Crippen LogP contribution in [0.4, 0.5) is 0 Å². The summed E-state index contributed by atoms with van der Waals surface area (Å²) in [5, 5.41) is 9.16. The molecule has 0 radical (unpaired) electrons. The maximum Gasteiger partial charge on any atom is 0.133 e. The monoisotopic (exact) mass is 308 g/mol. The van der Waals surface area contributed by atoms with Crippen molar-refractivity contribution >= 4 is 15.9 Å². The van der Waals surface area contributed by atoms with Crippen LogP contribution in [0.25, 0.3) is 0 Å². The first-order chi connectivity index (χ1) is 8.69. The summed E-state index contributed by atoms with van der Waals surface area (Å²) >= 11 is 3.40. The molecular formula is C14H13BrO3. The van der Waals surface area contributed by atoms with E-state index in [-0.39, 0.29) is 5.75 Å². The first-order valence-corrected chi connectivity index (χ1v) is 6.22. The highest BCUT2D eigenvalue weighted by Crippen LogP contribution is 2.26. The Labute approximate surface area is 114 Å². The zero-order chi connectivity index (χ0) is 13.0. The lowest BCUT2D eigenvalue weighted by Gasteiger charge is -2.09. The smallest absolute Gasteiger partial charge is 0.133 e. The number of aromatic hydroxyl groups is 1. The molecule has 0 aliphatic heterocycles. The number of phenolic OH excluding ortho intramolecular Hbond substituents is 1. The molecule has 3 nitrogen and oxygen atoms in total. The largest absolute Gasteiger partial charge is 0.508 e. The molecule has 0 aliphatic carbocycles. The van der Waals surface area contributed by atoms with E-state index in [0.717, 1.165) is 21.5 Å². The Morgan fingerprint density at radius 1 is 1.11 bits per heavy atom. The maximum atomic E-state index is 9.16. The molecule has 0 bridgehead atoms. The molecule has 18 heavy (non-hydrogen) atoms. The molecule has 0 fully saturated rings. The van der Waals surface area contributed by atoms with Gasteiger partial charge in [0.25, 0.3) is 0 Å². The molecule has 0 saturated heterocycles. The van der Waals surface area contributed by atoms with Crippen LogP contribution in [-0.4, -0.2) is 12.2 Å². The number of benzene rings is 2. The van der Waals surface area contributed by atoms with Crippen LogP contribution in [-0.2, 0) is 6.61 Å². The third-order valence-corrected chi connectivity index (χ3v) is 3.11. The van der Waals surface area contributed by atoms with Crippen LogP contribution in [0.5, 0.6) is 17.2 Å². The lowest BCUT2D eigenvalue weighted by Crippen LogP contribution is -1.96. The lowest BCUT2D eigenvalue weighted by molar-refractivity contribution is 0.304. The standard InChI is InChI=1S/C14H13BrO3/c1-17-14-8-10(2-7-13(14)15)9-18-12-5-3-11(16)4-6-12/h2-8,16H,9H2,1H3. The van der Waals surface area contributed by atoms with Crippen molar-refractivity contribution in [3.05, 3.63) is 52.5 Å². The Morgan fingerprint density at radius 2 is 1.83 bits per heavy atom. The minimum Gasteiger partial charge on any atom is -0.508 e. The fourth-order valence-corrected chi connectivity index (χ4v) is 1.91. The van der Waals surface area contributed by atoms with E-state index >= 15 is 0 Å². The van der Waals surface area contributed by atoms with Gasteiger partial charge in [-0.3, -0.25) is 0 Å². The van der Waals surface area contributed by atoms with Gasteiger partial charge in [0.2, 0.25) is 0 Å². The van der Waals surface area contributed by atoms with Crippen molar-refractivity contribution in [3.8, 4) is 17.2 Å². The molecule has 0 spiro atoms. The summed E-state index contributed by atoms with van der Waals surface area (Å²) in [4.78, 5) is 0. The number of halogens is 1. The number of ether oxygens (including phenoxy) is 2. The molecule has 0 heterocycles. The summed E-state index contributed by atoms with van der Waals surface area (Å²) in [6.07, 6.45) is 0. The first-order valence-electron chi connectivity index (χ1n) is 5.43. The third kappa shape index (κ3) is 3.17. The normalized spacial score (nSPS) is 10.1. The predicted molar refractivity (Wildman–Crippen MR) is 73.1 cm³/mol. The van der Waals surface area contributed by atoms with Gasteiger partial charge >= 0.3 is 0 Å². The Kier molecular flexibility index (Phi) is 4.10. The van der Waals surface area contributed by atoms with Gasteiger partial charge in [-0.25, -0.2) is 0 Å². The van der Waals surface area contributed by atoms with E-state index in [1.54, 1.807) is 31.4 Å². The van der Waals surface area contributed by atoms with Crippen molar-refractivity contribution in [1.29, 1.82) is 0 Å². The van der Waals surface area contributed by atoms with Crippen molar-refractivity contribution in [2.24, 2.45) is 0 Å². The second kappa shape index (κ2) is 5.78. The molecule has 0 amide bonds. The SMILES string of the molecule is COc1cc(COc2ccc(O)cc2)ccc1Br. The van der Waals surface area contributed by atoms with Crippen LogP contribution in [0.15, 0.2) is 46.9 Å². The van der Waals surface area contributed by atoms with Crippen LogP contribution in [0.1, 0.15) is 5.56 Å². The molecule has 2 aromatic carbocycles. The molecular weight excluding hydrogens is 296 g/mol. The van der Waals surface area contributed by atoms with Crippen molar-refractivity contribution in [3.63, 3.8) is 0 Å². The fourth-order valence-electron chi connectivity index (χ4n) is 1.50. The molecule has 0 aromatic heterocycles. The van der Waals surface area contributed by atoms with Gasteiger partial charge in [-0.05, 0) is 57.9 Å². The molecule has 1 N–H and O–H groups in total. The van der Waals surface area contributed by atoms with Gasteiger partial charge < -0.3 is 14.6 Å². The predicted octanol–water partition coefficient (Wildman–Crippen LogP) is 3.74.